The van der Waals surface area contributed by atoms with E-state index in [1.54, 1.807) is 31.4 Å². The Morgan fingerprint density at radius 3 is 2.58 bits per heavy atom. The molecular formula is C23H27N3O5S2. The van der Waals surface area contributed by atoms with Crippen molar-refractivity contribution in [2.24, 2.45) is 0 Å². The molecule has 33 heavy (non-hydrogen) atoms. The van der Waals surface area contributed by atoms with E-state index < -0.39 is 10.3 Å². The van der Waals surface area contributed by atoms with Gasteiger partial charge >= 0.3 is 10.3 Å². The van der Waals surface area contributed by atoms with Crippen molar-refractivity contribution < 1.29 is 22.5 Å². The number of anilines is 1. The lowest BCUT2D eigenvalue weighted by molar-refractivity contribution is -0.121. The van der Waals surface area contributed by atoms with Crippen LogP contribution in [0.1, 0.15) is 41.2 Å². The average molecular weight is 490 g/mol. The zero-order valence-corrected chi connectivity index (χ0v) is 20.1. The SMILES string of the molecule is CCc1csc(C(Cc2ccc(NS(=O)(=O)O)cc2)NC(=O)CCc2cccc(OC)c2)n1. The van der Waals surface area contributed by atoms with Crippen LogP contribution in [0.3, 0.4) is 0 Å². The number of nitrogens with zero attached hydrogens (tertiary/aromatic N) is 1. The maximum Gasteiger partial charge on any atom is 0.357 e. The maximum absolute atomic E-state index is 12.8. The van der Waals surface area contributed by atoms with Gasteiger partial charge in [-0.1, -0.05) is 31.2 Å². The first-order valence-electron chi connectivity index (χ1n) is 10.5. The lowest BCUT2D eigenvalue weighted by Crippen LogP contribution is -2.30. The van der Waals surface area contributed by atoms with Crippen molar-refractivity contribution in [3.05, 3.63) is 75.7 Å². The maximum atomic E-state index is 12.8. The summed E-state index contributed by atoms with van der Waals surface area (Å²) in [4.78, 5) is 17.4. The molecule has 0 bridgehead atoms. The minimum atomic E-state index is -4.33. The lowest BCUT2D eigenvalue weighted by atomic mass is 10.0. The van der Waals surface area contributed by atoms with E-state index in [0.717, 1.165) is 34.0 Å². The number of aromatic nitrogens is 1. The van der Waals surface area contributed by atoms with Crippen molar-refractivity contribution in [2.75, 3.05) is 11.8 Å². The predicted octanol–water partition coefficient (Wildman–Crippen LogP) is 3.96. The molecule has 0 spiro atoms. The molecule has 1 heterocycles. The summed E-state index contributed by atoms with van der Waals surface area (Å²) in [6.45, 7) is 2.03. The fourth-order valence-corrected chi connectivity index (χ4v) is 4.68. The second-order valence-corrected chi connectivity index (χ2v) is 9.52. The van der Waals surface area contributed by atoms with Gasteiger partial charge < -0.3 is 10.1 Å². The van der Waals surface area contributed by atoms with Gasteiger partial charge in [-0.05, 0) is 54.7 Å². The Kier molecular flexibility index (Phi) is 8.43. The first-order valence-corrected chi connectivity index (χ1v) is 12.8. The Hall–Kier alpha value is -2.95. The number of carbonyl (C=O) groups excluding carboxylic acids is 1. The topological polar surface area (TPSA) is 118 Å². The van der Waals surface area contributed by atoms with E-state index in [9.17, 15) is 13.2 Å². The molecule has 0 aliphatic carbocycles. The monoisotopic (exact) mass is 489 g/mol. The zero-order valence-electron chi connectivity index (χ0n) is 18.4. The number of hydrogen-bond acceptors (Lipinski definition) is 6. The van der Waals surface area contributed by atoms with Crippen LogP contribution in [0.15, 0.2) is 53.9 Å². The van der Waals surface area contributed by atoms with E-state index >= 15 is 0 Å². The van der Waals surface area contributed by atoms with Crippen LogP contribution < -0.4 is 14.8 Å². The minimum absolute atomic E-state index is 0.0827. The van der Waals surface area contributed by atoms with Crippen LogP contribution in [0, 0.1) is 0 Å². The van der Waals surface area contributed by atoms with Gasteiger partial charge in [0.2, 0.25) is 5.91 Å². The number of ether oxygens (including phenoxy) is 1. The fraction of sp³-hybridized carbons (Fsp3) is 0.304. The molecule has 1 amide bonds. The van der Waals surface area contributed by atoms with E-state index in [2.05, 4.69) is 10.3 Å². The molecule has 176 valence electrons. The van der Waals surface area contributed by atoms with E-state index in [0.29, 0.717) is 19.3 Å². The number of thiazole rings is 1. The van der Waals surface area contributed by atoms with Gasteiger partial charge in [-0.25, -0.2) is 4.98 Å². The molecule has 0 fully saturated rings. The molecule has 1 aromatic heterocycles. The molecule has 8 nitrogen and oxygen atoms in total. The van der Waals surface area contributed by atoms with E-state index in [-0.39, 0.29) is 17.6 Å². The zero-order chi connectivity index (χ0) is 23.8. The van der Waals surface area contributed by atoms with Gasteiger partial charge in [0.15, 0.2) is 0 Å². The molecule has 3 N–H and O–H groups in total. The number of methoxy groups -OCH3 is 1. The number of hydrogen-bond donors (Lipinski definition) is 3. The van der Waals surface area contributed by atoms with Crippen molar-refractivity contribution >= 4 is 33.2 Å². The number of rotatable bonds is 11. The first kappa shape index (κ1) is 24.7. The largest absolute Gasteiger partial charge is 0.497 e. The standard InChI is InChI=1S/C23H27N3O5S2/c1-3-18-15-32-23(24-18)21(14-17-7-10-19(11-8-17)26-33(28,29)30)25-22(27)12-9-16-5-4-6-20(13-16)31-2/h4-8,10-11,13,15,21,26H,3,9,12,14H2,1-2H3,(H,25,27)(H,28,29,30). The Bertz CT molecular complexity index is 1180. The minimum Gasteiger partial charge on any atom is -0.497 e. The fourth-order valence-electron chi connectivity index (χ4n) is 3.29. The molecule has 2 aromatic carbocycles. The van der Waals surface area contributed by atoms with Crippen LogP contribution in [0.5, 0.6) is 5.75 Å². The Morgan fingerprint density at radius 2 is 1.94 bits per heavy atom. The Balaban J connectivity index is 1.69. The second kappa shape index (κ2) is 11.3. The van der Waals surface area contributed by atoms with Crippen LogP contribution >= 0.6 is 11.3 Å². The Morgan fingerprint density at radius 1 is 1.18 bits per heavy atom. The number of benzene rings is 2. The summed E-state index contributed by atoms with van der Waals surface area (Å²) in [6.07, 6.45) is 2.22. The summed E-state index contributed by atoms with van der Waals surface area (Å²) < 4.78 is 38.1. The quantitative estimate of drug-likeness (QED) is 0.351. The summed E-state index contributed by atoms with van der Waals surface area (Å²) >= 11 is 1.51. The molecule has 10 heteroatoms. The van der Waals surface area contributed by atoms with Crippen LogP contribution in [0.4, 0.5) is 5.69 Å². The smallest absolute Gasteiger partial charge is 0.357 e. The van der Waals surface area contributed by atoms with Crippen LogP contribution in [0.2, 0.25) is 0 Å². The van der Waals surface area contributed by atoms with Crippen LogP contribution in [-0.4, -0.2) is 31.0 Å². The molecule has 1 unspecified atom stereocenters. The average Bonchev–Trinajstić information content (AvgIpc) is 3.27. The Labute approximate surface area is 197 Å². The number of nitrogens with one attached hydrogen (secondary N) is 2. The van der Waals surface area contributed by atoms with Crippen molar-refractivity contribution in [3.8, 4) is 5.75 Å². The van der Waals surface area contributed by atoms with E-state index in [1.807, 2.05) is 41.3 Å². The second-order valence-electron chi connectivity index (χ2n) is 7.48. The molecule has 3 aromatic rings. The molecule has 0 saturated carbocycles. The highest BCUT2D eigenvalue weighted by molar-refractivity contribution is 7.87. The van der Waals surface area contributed by atoms with Gasteiger partial charge in [0.05, 0.1) is 24.5 Å². The third kappa shape index (κ3) is 7.85. The van der Waals surface area contributed by atoms with Gasteiger partial charge in [-0.3, -0.25) is 14.1 Å². The molecule has 0 aliphatic heterocycles. The van der Waals surface area contributed by atoms with Crippen molar-refractivity contribution in [1.82, 2.24) is 10.3 Å². The molecule has 0 aliphatic rings. The number of amides is 1. The molecule has 0 saturated heterocycles. The van der Waals surface area contributed by atoms with Crippen LogP contribution in [-0.2, 0) is 34.4 Å². The molecular weight excluding hydrogens is 462 g/mol. The summed E-state index contributed by atoms with van der Waals surface area (Å²) in [5.74, 6) is 0.674. The third-order valence-corrected chi connectivity index (χ3v) is 6.48. The predicted molar refractivity (Wildman–Crippen MR) is 129 cm³/mol. The molecule has 0 radical (unpaired) electrons. The van der Waals surface area contributed by atoms with Crippen molar-refractivity contribution in [1.29, 1.82) is 0 Å². The lowest BCUT2D eigenvalue weighted by Gasteiger charge is -2.17. The summed E-state index contributed by atoms with van der Waals surface area (Å²) in [5.41, 5.74) is 3.13. The normalized spacial score (nSPS) is 12.2. The van der Waals surface area contributed by atoms with Crippen molar-refractivity contribution in [3.63, 3.8) is 0 Å². The molecule has 3 rings (SSSR count). The highest BCUT2D eigenvalue weighted by Crippen LogP contribution is 2.24. The van der Waals surface area contributed by atoms with Crippen molar-refractivity contribution in [2.45, 2.75) is 38.6 Å². The number of carbonyl (C=O) groups is 1. The van der Waals surface area contributed by atoms with Gasteiger partial charge in [-0.2, -0.15) is 8.42 Å². The van der Waals surface area contributed by atoms with E-state index in [1.165, 1.54) is 11.3 Å². The first-order chi connectivity index (χ1) is 15.8. The summed E-state index contributed by atoms with van der Waals surface area (Å²) in [6, 6.07) is 13.9. The highest BCUT2D eigenvalue weighted by atomic mass is 32.2. The number of aryl methyl sites for hydroxylation is 2. The molecule has 1 atom stereocenters. The summed E-state index contributed by atoms with van der Waals surface area (Å²) in [5, 5.41) is 5.91. The van der Waals surface area contributed by atoms with E-state index in [4.69, 9.17) is 9.29 Å². The van der Waals surface area contributed by atoms with Gasteiger partial charge in [0.25, 0.3) is 0 Å². The summed E-state index contributed by atoms with van der Waals surface area (Å²) in [7, 11) is -2.72. The highest BCUT2D eigenvalue weighted by Gasteiger charge is 2.19. The third-order valence-electron chi connectivity index (χ3n) is 4.98. The van der Waals surface area contributed by atoms with Gasteiger partial charge in [-0.15, -0.1) is 11.3 Å². The van der Waals surface area contributed by atoms with Gasteiger partial charge in [0.1, 0.15) is 10.8 Å². The van der Waals surface area contributed by atoms with Gasteiger partial charge in [0, 0.05) is 11.8 Å². The van der Waals surface area contributed by atoms with Crippen LogP contribution in [0.25, 0.3) is 0 Å².